The Morgan fingerprint density at radius 2 is 1.27 bits per heavy atom. The number of hydrogen-bond donors (Lipinski definition) is 2. The van der Waals surface area contributed by atoms with Crippen molar-refractivity contribution in [2.24, 2.45) is 0 Å². The van der Waals surface area contributed by atoms with Crippen LogP contribution < -0.4 is 11.5 Å². The molecule has 4 N–H and O–H groups in total. The summed E-state index contributed by atoms with van der Waals surface area (Å²) in [6.45, 7) is 4.04. The second-order valence-electron chi connectivity index (χ2n) is 8.12. The first-order valence-electron chi connectivity index (χ1n) is 10.4. The van der Waals surface area contributed by atoms with Gasteiger partial charge in [0.25, 0.3) is 0 Å². The van der Waals surface area contributed by atoms with Gasteiger partial charge in [0.15, 0.2) is 0 Å². The molecular formula is C26H30N4. The highest BCUT2D eigenvalue weighted by Crippen LogP contribution is 2.21. The lowest BCUT2D eigenvalue weighted by atomic mass is 9.98. The lowest BCUT2D eigenvalue weighted by Crippen LogP contribution is -1.99. The molecule has 0 fully saturated rings. The summed E-state index contributed by atoms with van der Waals surface area (Å²) < 4.78 is 0. The van der Waals surface area contributed by atoms with E-state index in [4.69, 9.17) is 11.5 Å². The van der Waals surface area contributed by atoms with Crippen molar-refractivity contribution in [2.45, 2.75) is 39.5 Å². The molecule has 0 saturated heterocycles. The van der Waals surface area contributed by atoms with Crippen molar-refractivity contribution in [2.75, 3.05) is 11.5 Å². The number of anilines is 2. The molecule has 0 aliphatic carbocycles. The molecule has 0 bridgehead atoms. The molecule has 0 unspecified atom stereocenters. The number of rotatable bonds is 6. The molecular weight excluding hydrogens is 368 g/mol. The minimum absolute atomic E-state index is 0. The van der Waals surface area contributed by atoms with Gasteiger partial charge >= 0.3 is 0 Å². The topological polar surface area (TPSA) is 77.8 Å². The van der Waals surface area contributed by atoms with Crippen LogP contribution in [0.15, 0.2) is 60.7 Å². The molecule has 0 spiro atoms. The molecule has 30 heavy (non-hydrogen) atoms. The van der Waals surface area contributed by atoms with Crippen LogP contribution in [0.4, 0.5) is 11.6 Å². The first kappa shape index (κ1) is 19.9. The molecule has 4 heteroatoms. The van der Waals surface area contributed by atoms with E-state index >= 15 is 0 Å². The van der Waals surface area contributed by atoms with Crippen LogP contribution in [0.25, 0.3) is 10.8 Å². The van der Waals surface area contributed by atoms with E-state index in [0.29, 0.717) is 11.6 Å². The van der Waals surface area contributed by atoms with Gasteiger partial charge < -0.3 is 11.5 Å². The number of nitrogen functional groups attached to an aromatic ring is 2. The SMILES string of the molecule is Cc1cc(N)nc(CCc2ccc3ccc(CCc4cc(C)nc(N)c4)cc3c2)c1.[HH]. The molecule has 4 nitrogen and oxygen atoms in total. The molecule has 2 aromatic heterocycles. The van der Waals surface area contributed by atoms with Crippen LogP contribution in [0, 0.1) is 13.8 Å². The monoisotopic (exact) mass is 398 g/mol. The maximum atomic E-state index is 5.88. The van der Waals surface area contributed by atoms with Crippen LogP contribution in [0.5, 0.6) is 0 Å². The quantitative estimate of drug-likeness (QED) is 0.466. The zero-order valence-electron chi connectivity index (χ0n) is 17.7. The minimum atomic E-state index is 0. The zero-order valence-corrected chi connectivity index (χ0v) is 17.7. The van der Waals surface area contributed by atoms with Crippen LogP contribution in [0.1, 0.15) is 35.1 Å². The van der Waals surface area contributed by atoms with Gasteiger partial charge in [0.05, 0.1) is 0 Å². The minimum Gasteiger partial charge on any atom is -0.384 e. The van der Waals surface area contributed by atoms with Gasteiger partial charge in [-0.05, 0) is 96.8 Å². The van der Waals surface area contributed by atoms with Gasteiger partial charge in [-0.2, -0.15) is 0 Å². The Labute approximate surface area is 179 Å². The van der Waals surface area contributed by atoms with E-state index in [9.17, 15) is 0 Å². The summed E-state index contributed by atoms with van der Waals surface area (Å²) in [4.78, 5) is 8.71. The number of pyridine rings is 2. The number of aryl methyl sites for hydroxylation is 6. The fourth-order valence-corrected chi connectivity index (χ4v) is 4.03. The van der Waals surface area contributed by atoms with Crippen molar-refractivity contribution in [3.8, 4) is 0 Å². The van der Waals surface area contributed by atoms with Gasteiger partial charge in [-0.25, -0.2) is 9.97 Å². The van der Waals surface area contributed by atoms with Crippen molar-refractivity contribution in [1.29, 1.82) is 0 Å². The molecule has 0 atom stereocenters. The molecule has 2 aromatic carbocycles. The molecule has 0 aliphatic rings. The highest BCUT2D eigenvalue weighted by Gasteiger charge is 2.04. The Bertz CT molecular complexity index is 1070. The van der Waals surface area contributed by atoms with Crippen LogP contribution in [-0.4, -0.2) is 9.97 Å². The Hall–Kier alpha value is -3.40. The second-order valence-corrected chi connectivity index (χ2v) is 8.12. The van der Waals surface area contributed by atoms with Gasteiger partial charge in [0.1, 0.15) is 11.6 Å². The number of nitrogens with two attached hydrogens (primary N) is 2. The fourth-order valence-electron chi connectivity index (χ4n) is 4.03. The van der Waals surface area contributed by atoms with Crippen molar-refractivity contribution in [1.82, 2.24) is 9.97 Å². The molecule has 2 heterocycles. The standard InChI is InChI=1S/C26H28N4.H2/c1-17-11-24(30-25(27)12-17)10-7-20-6-9-22-8-5-19(14-23(22)15-20)3-4-21-13-18(2)29-26(28)16-21;/h5-6,8-9,11-16H,3-4,7,10H2,1-2H3,(H2,27,30)(H2,28,29);1H. The van der Waals surface area contributed by atoms with Gasteiger partial charge in [-0.3, -0.25) is 0 Å². The normalized spacial score (nSPS) is 11.1. The van der Waals surface area contributed by atoms with Gasteiger partial charge in [0.2, 0.25) is 0 Å². The summed E-state index contributed by atoms with van der Waals surface area (Å²) in [7, 11) is 0. The van der Waals surface area contributed by atoms with E-state index in [1.54, 1.807) is 0 Å². The highest BCUT2D eigenvalue weighted by molar-refractivity contribution is 5.83. The van der Waals surface area contributed by atoms with Crippen molar-refractivity contribution >= 4 is 22.4 Å². The van der Waals surface area contributed by atoms with E-state index in [-0.39, 0.29) is 1.43 Å². The number of benzene rings is 2. The highest BCUT2D eigenvalue weighted by atomic mass is 14.8. The van der Waals surface area contributed by atoms with Crippen LogP contribution in [0.2, 0.25) is 0 Å². The number of hydrogen-bond acceptors (Lipinski definition) is 4. The molecule has 0 radical (unpaired) electrons. The molecule has 0 saturated carbocycles. The van der Waals surface area contributed by atoms with E-state index in [0.717, 1.165) is 42.6 Å². The molecule has 4 rings (SSSR count). The second kappa shape index (κ2) is 8.54. The molecule has 4 aromatic rings. The Morgan fingerprint density at radius 1 is 0.633 bits per heavy atom. The van der Waals surface area contributed by atoms with E-state index < -0.39 is 0 Å². The fraction of sp³-hybridized carbons (Fsp3) is 0.231. The maximum Gasteiger partial charge on any atom is 0.123 e. The average molecular weight is 399 g/mol. The van der Waals surface area contributed by atoms with E-state index in [1.165, 1.54) is 27.5 Å². The van der Waals surface area contributed by atoms with E-state index in [2.05, 4.69) is 65.4 Å². The predicted molar refractivity (Wildman–Crippen MR) is 128 cm³/mol. The number of nitrogens with zero attached hydrogens (tertiary/aromatic N) is 2. The third-order valence-electron chi connectivity index (χ3n) is 5.42. The van der Waals surface area contributed by atoms with Gasteiger partial charge in [-0.15, -0.1) is 0 Å². The maximum absolute atomic E-state index is 5.88. The smallest absolute Gasteiger partial charge is 0.123 e. The summed E-state index contributed by atoms with van der Waals surface area (Å²) in [6.07, 6.45) is 3.78. The number of aromatic nitrogens is 2. The Kier molecular flexibility index (Phi) is 5.66. The Morgan fingerprint density at radius 3 is 1.93 bits per heavy atom. The summed E-state index contributed by atoms with van der Waals surface area (Å²) in [5, 5.41) is 2.55. The van der Waals surface area contributed by atoms with Crippen molar-refractivity contribution < 1.29 is 1.43 Å². The van der Waals surface area contributed by atoms with Gasteiger partial charge in [-0.1, -0.05) is 36.4 Å². The number of fused-ring (bicyclic) bond motifs is 1. The summed E-state index contributed by atoms with van der Waals surface area (Å²) in [5.74, 6) is 1.19. The third-order valence-corrected chi connectivity index (χ3v) is 5.42. The lowest BCUT2D eigenvalue weighted by molar-refractivity contribution is 0.914. The van der Waals surface area contributed by atoms with Gasteiger partial charge in [0, 0.05) is 12.8 Å². The summed E-state index contributed by atoms with van der Waals surface area (Å²) >= 11 is 0. The first-order valence-corrected chi connectivity index (χ1v) is 10.4. The molecule has 0 amide bonds. The van der Waals surface area contributed by atoms with Crippen LogP contribution in [0.3, 0.4) is 0 Å². The average Bonchev–Trinajstić information content (AvgIpc) is 2.69. The van der Waals surface area contributed by atoms with Crippen LogP contribution >= 0.6 is 0 Å². The van der Waals surface area contributed by atoms with E-state index in [1.807, 2.05) is 19.1 Å². The Balaban J connectivity index is 0.00000272. The lowest BCUT2D eigenvalue weighted by Gasteiger charge is -2.08. The summed E-state index contributed by atoms with van der Waals surface area (Å²) in [6, 6.07) is 21.6. The van der Waals surface area contributed by atoms with Crippen molar-refractivity contribution in [3.05, 3.63) is 94.3 Å². The van der Waals surface area contributed by atoms with Crippen molar-refractivity contribution in [3.63, 3.8) is 0 Å². The molecule has 154 valence electrons. The molecule has 0 aliphatic heterocycles. The first-order chi connectivity index (χ1) is 14.4. The predicted octanol–water partition coefficient (Wildman–Crippen LogP) is 5.23. The largest absolute Gasteiger partial charge is 0.384 e. The third kappa shape index (κ3) is 4.95. The van der Waals surface area contributed by atoms with Crippen LogP contribution in [-0.2, 0) is 25.7 Å². The summed E-state index contributed by atoms with van der Waals surface area (Å²) in [5.41, 5.74) is 18.8. The zero-order chi connectivity index (χ0) is 21.1.